The first kappa shape index (κ1) is 30.4. The molecule has 0 atom stereocenters. The zero-order valence-corrected chi connectivity index (χ0v) is 25.9. The van der Waals surface area contributed by atoms with E-state index in [0.717, 1.165) is 42.0 Å². The van der Waals surface area contributed by atoms with Crippen LogP contribution in [0.3, 0.4) is 0 Å². The van der Waals surface area contributed by atoms with Gasteiger partial charge in [-0.2, -0.15) is 0 Å². The maximum atomic E-state index is 13.5. The lowest BCUT2D eigenvalue weighted by Crippen LogP contribution is -2.32. The molecule has 3 aromatic rings. The molecule has 4 rings (SSSR count). The van der Waals surface area contributed by atoms with Gasteiger partial charge >= 0.3 is 0 Å². The lowest BCUT2D eigenvalue weighted by Gasteiger charge is -2.28. The smallest absolute Gasteiger partial charge is 0.255 e. The summed E-state index contributed by atoms with van der Waals surface area (Å²) < 4.78 is 0. The van der Waals surface area contributed by atoms with Crippen molar-refractivity contribution in [2.24, 2.45) is 5.41 Å². The first-order valence-corrected chi connectivity index (χ1v) is 14.8. The van der Waals surface area contributed by atoms with Crippen molar-refractivity contribution < 1.29 is 9.59 Å². The number of piperidine rings is 1. The van der Waals surface area contributed by atoms with E-state index < -0.39 is 0 Å². The Kier molecular flexibility index (Phi) is 9.33. The van der Waals surface area contributed by atoms with Crippen molar-refractivity contribution in [3.05, 3.63) is 82.7 Å². The number of rotatable bonds is 7. The average Bonchev–Trinajstić information content (AvgIpc) is 2.92. The fourth-order valence-corrected chi connectivity index (χ4v) is 5.07. The van der Waals surface area contributed by atoms with Gasteiger partial charge in [0.25, 0.3) is 11.8 Å². The predicted molar refractivity (Wildman–Crippen MR) is 168 cm³/mol. The Morgan fingerprint density at radius 2 is 1.54 bits per heavy atom. The van der Waals surface area contributed by atoms with Gasteiger partial charge in [-0.3, -0.25) is 19.5 Å². The van der Waals surface area contributed by atoms with Gasteiger partial charge in [0.2, 0.25) is 0 Å². The molecular formula is C35H46N4O2. The van der Waals surface area contributed by atoms with Gasteiger partial charge in [0.05, 0.1) is 11.9 Å². The third-order valence-electron chi connectivity index (χ3n) is 7.56. The molecule has 1 aromatic heterocycles. The number of carbonyl (C=O) groups is 2. The van der Waals surface area contributed by atoms with Gasteiger partial charge in [0.1, 0.15) is 0 Å². The predicted octanol–water partition coefficient (Wildman–Crippen LogP) is 7.37. The second-order valence-electron chi connectivity index (χ2n) is 13.6. The molecule has 0 radical (unpaired) electrons. The van der Waals surface area contributed by atoms with E-state index in [1.54, 1.807) is 6.20 Å². The Morgan fingerprint density at radius 3 is 2.17 bits per heavy atom. The quantitative estimate of drug-likeness (QED) is 0.320. The van der Waals surface area contributed by atoms with Crippen molar-refractivity contribution in [3.8, 4) is 11.1 Å². The summed E-state index contributed by atoms with van der Waals surface area (Å²) in [5.41, 5.74) is 6.92. The van der Waals surface area contributed by atoms with Gasteiger partial charge in [-0.25, -0.2) is 0 Å². The summed E-state index contributed by atoms with van der Waals surface area (Å²) in [5, 5.41) is 6.08. The van der Waals surface area contributed by atoms with Gasteiger partial charge in [-0.1, -0.05) is 66.2 Å². The number of likely N-dealkylation sites (tertiary alicyclic amines) is 1. The Balaban J connectivity index is 1.53. The molecular weight excluding hydrogens is 508 g/mol. The van der Waals surface area contributed by atoms with Crippen LogP contribution >= 0.6 is 0 Å². The molecule has 1 aliphatic heterocycles. The molecule has 2 amide bonds. The highest BCUT2D eigenvalue weighted by atomic mass is 16.2. The van der Waals surface area contributed by atoms with Crippen molar-refractivity contribution in [1.29, 1.82) is 0 Å². The Bertz CT molecular complexity index is 1370. The van der Waals surface area contributed by atoms with Crippen molar-refractivity contribution >= 4 is 17.5 Å². The number of pyridine rings is 1. The highest BCUT2D eigenvalue weighted by Gasteiger charge is 2.20. The third kappa shape index (κ3) is 8.49. The van der Waals surface area contributed by atoms with Crippen LogP contribution in [0.2, 0.25) is 0 Å². The molecule has 1 fully saturated rings. The summed E-state index contributed by atoms with van der Waals surface area (Å²) in [5.74, 6) is -0.224. The minimum atomic E-state index is -0.140. The summed E-state index contributed by atoms with van der Waals surface area (Å²) in [7, 11) is 0. The number of hydrogen-bond acceptors (Lipinski definition) is 4. The largest absolute Gasteiger partial charge is 0.352 e. The summed E-state index contributed by atoms with van der Waals surface area (Å²) in [6.45, 7) is 18.5. The Labute approximate surface area is 246 Å². The zero-order chi connectivity index (χ0) is 29.8. The molecule has 0 aliphatic carbocycles. The Hall–Kier alpha value is -3.51. The van der Waals surface area contributed by atoms with Gasteiger partial charge in [-0.15, -0.1) is 0 Å². The van der Waals surface area contributed by atoms with Gasteiger partial charge in [-0.05, 0) is 90.7 Å². The standard InChI is InChI=1S/C35H46N4O2/c1-24-31(26-11-13-27(14-12-26)32(40)37-23-34(2,3)4)20-30(21-36-24)38-33(41)28-17-25(18-29(19-28)35(5,6)7)22-39-15-9-8-10-16-39/h11-14,17-21H,8-10,15-16,22-23H2,1-7H3,(H,37,40)(H,38,41). The summed E-state index contributed by atoms with van der Waals surface area (Å²) in [6.07, 6.45) is 5.48. The maximum absolute atomic E-state index is 13.5. The second-order valence-corrected chi connectivity index (χ2v) is 13.6. The molecule has 2 heterocycles. The van der Waals surface area contributed by atoms with Crippen molar-refractivity contribution in [3.63, 3.8) is 0 Å². The van der Waals surface area contributed by atoms with Crippen LogP contribution in [0.25, 0.3) is 11.1 Å². The van der Waals surface area contributed by atoms with Crippen molar-refractivity contribution in [2.45, 2.75) is 79.7 Å². The topological polar surface area (TPSA) is 74.3 Å². The van der Waals surface area contributed by atoms with Crippen LogP contribution in [0.1, 0.15) is 98.3 Å². The van der Waals surface area contributed by atoms with Crippen molar-refractivity contribution in [2.75, 3.05) is 25.0 Å². The van der Waals surface area contributed by atoms with Crippen LogP contribution in [0.5, 0.6) is 0 Å². The van der Waals surface area contributed by atoms with E-state index in [9.17, 15) is 9.59 Å². The fourth-order valence-electron chi connectivity index (χ4n) is 5.07. The number of nitrogens with zero attached hydrogens (tertiary/aromatic N) is 2. The van der Waals surface area contributed by atoms with E-state index in [4.69, 9.17) is 0 Å². The summed E-state index contributed by atoms with van der Waals surface area (Å²) in [4.78, 5) is 33.1. The zero-order valence-electron chi connectivity index (χ0n) is 25.9. The lowest BCUT2D eigenvalue weighted by atomic mass is 9.85. The second kappa shape index (κ2) is 12.6. The molecule has 6 heteroatoms. The van der Waals surface area contributed by atoms with Crippen LogP contribution in [0.4, 0.5) is 5.69 Å². The minimum Gasteiger partial charge on any atom is -0.352 e. The van der Waals surface area contributed by atoms with E-state index in [-0.39, 0.29) is 22.6 Å². The molecule has 218 valence electrons. The molecule has 0 spiro atoms. The van der Waals surface area contributed by atoms with Crippen LogP contribution in [-0.2, 0) is 12.0 Å². The van der Waals surface area contributed by atoms with Crippen LogP contribution in [0.15, 0.2) is 54.7 Å². The van der Waals surface area contributed by atoms with E-state index >= 15 is 0 Å². The number of nitrogens with one attached hydrogen (secondary N) is 2. The number of aryl methyl sites for hydroxylation is 1. The Morgan fingerprint density at radius 1 is 0.854 bits per heavy atom. The maximum Gasteiger partial charge on any atom is 0.255 e. The first-order chi connectivity index (χ1) is 19.3. The fraction of sp³-hybridized carbons (Fsp3) is 0.457. The summed E-state index contributed by atoms with van der Waals surface area (Å²) in [6, 6.07) is 15.8. The third-order valence-corrected chi connectivity index (χ3v) is 7.56. The molecule has 0 saturated carbocycles. The molecule has 0 bridgehead atoms. The van der Waals surface area contributed by atoms with E-state index in [1.807, 2.05) is 49.4 Å². The monoisotopic (exact) mass is 554 g/mol. The van der Waals surface area contributed by atoms with Crippen LogP contribution < -0.4 is 10.6 Å². The molecule has 0 unspecified atom stereocenters. The number of amides is 2. The number of benzene rings is 2. The van der Waals surface area contributed by atoms with Gasteiger partial charge in [0.15, 0.2) is 0 Å². The highest BCUT2D eigenvalue weighted by molar-refractivity contribution is 6.04. The molecule has 2 N–H and O–H groups in total. The normalized spacial score (nSPS) is 14.5. The first-order valence-electron chi connectivity index (χ1n) is 14.8. The number of hydrogen-bond donors (Lipinski definition) is 2. The average molecular weight is 555 g/mol. The van der Waals surface area contributed by atoms with Gasteiger partial charge < -0.3 is 10.6 Å². The number of anilines is 1. The molecule has 1 aliphatic rings. The number of aromatic nitrogens is 1. The van der Waals surface area contributed by atoms with E-state index in [0.29, 0.717) is 23.4 Å². The molecule has 1 saturated heterocycles. The van der Waals surface area contributed by atoms with Crippen LogP contribution in [0, 0.1) is 12.3 Å². The van der Waals surface area contributed by atoms with E-state index in [2.05, 4.69) is 68.1 Å². The summed E-state index contributed by atoms with van der Waals surface area (Å²) >= 11 is 0. The van der Waals surface area contributed by atoms with Crippen molar-refractivity contribution in [1.82, 2.24) is 15.2 Å². The minimum absolute atomic E-state index is 0.0200. The highest BCUT2D eigenvalue weighted by Crippen LogP contribution is 2.28. The molecule has 41 heavy (non-hydrogen) atoms. The van der Waals surface area contributed by atoms with Crippen LogP contribution in [-0.4, -0.2) is 41.3 Å². The number of carbonyl (C=O) groups excluding carboxylic acids is 2. The molecule has 2 aromatic carbocycles. The SMILES string of the molecule is Cc1ncc(NC(=O)c2cc(CN3CCCCC3)cc(C(C)(C)C)c2)cc1-c1ccc(C(=O)NCC(C)(C)C)cc1. The lowest BCUT2D eigenvalue weighted by molar-refractivity contribution is 0.0938. The van der Waals surface area contributed by atoms with E-state index in [1.165, 1.54) is 24.8 Å². The van der Waals surface area contributed by atoms with Gasteiger partial charge in [0, 0.05) is 35.5 Å². The molecule has 6 nitrogen and oxygen atoms in total.